The Kier molecular flexibility index (Phi) is 6.08. The molecule has 2 atom stereocenters. The van der Waals surface area contributed by atoms with E-state index >= 15 is 0 Å². The fraction of sp³-hybridized carbons (Fsp3) is 1.00. The molecule has 0 saturated heterocycles. The summed E-state index contributed by atoms with van der Waals surface area (Å²) in [6.07, 6.45) is -1.10. The zero-order chi connectivity index (χ0) is 6.57. The maximum Gasteiger partial charge on any atom is 0.0895 e. The molecule has 0 aromatic rings. The molecule has 0 bridgehead atoms. The predicted molar refractivity (Wildman–Crippen MR) is 49.8 cm³/mol. The van der Waals surface area contributed by atoms with Crippen molar-refractivity contribution in [1.82, 2.24) is 0 Å². The Labute approximate surface area is 75.9 Å². The third-order valence-corrected chi connectivity index (χ3v) is 2.57. The lowest BCUT2D eigenvalue weighted by Gasteiger charge is -2.10. The molecule has 0 rings (SSSR count). The molecule has 0 saturated carbocycles. The normalized spacial score (nSPS) is 18.0. The lowest BCUT2D eigenvalue weighted by molar-refractivity contribution is 0.0536. The van der Waals surface area contributed by atoms with E-state index in [1.165, 1.54) is 0 Å². The van der Waals surface area contributed by atoms with Crippen molar-refractivity contribution in [1.29, 1.82) is 0 Å². The van der Waals surface area contributed by atoms with Gasteiger partial charge in [-0.1, -0.05) is 45.2 Å². The van der Waals surface area contributed by atoms with Crippen molar-refractivity contribution in [3.63, 3.8) is 0 Å². The van der Waals surface area contributed by atoms with Gasteiger partial charge < -0.3 is 10.2 Å². The zero-order valence-electron chi connectivity index (χ0n) is 4.22. The molecule has 0 amide bonds. The van der Waals surface area contributed by atoms with Crippen molar-refractivity contribution in [2.24, 2.45) is 0 Å². The summed E-state index contributed by atoms with van der Waals surface area (Å²) in [6.45, 7) is 0. The number of halogens is 2. The molecule has 0 spiro atoms. The van der Waals surface area contributed by atoms with Gasteiger partial charge in [-0.3, -0.25) is 0 Å². The molecule has 0 unspecified atom stereocenters. The molecule has 0 aromatic heterocycles. The molecule has 4 heteroatoms. The lowest BCUT2D eigenvalue weighted by Crippen LogP contribution is -2.28. The van der Waals surface area contributed by atoms with Crippen molar-refractivity contribution in [2.45, 2.75) is 12.2 Å². The van der Waals surface area contributed by atoms with Gasteiger partial charge in [-0.05, 0) is 0 Å². The molecule has 2 N–H and O–H groups in total. The highest BCUT2D eigenvalue weighted by Crippen LogP contribution is 2.00. The Morgan fingerprint density at radius 2 is 1.25 bits per heavy atom. The van der Waals surface area contributed by atoms with Crippen LogP contribution in [-0.4, -0.2) is 31.3 Å². The summed E-state index contributed by atoms with van der Waals surface area (Å²) < 4.78 is 1.20. The second kappa shape index (κ2) is 5.19. The van der Waals surface area contributed by atoms with Crippen LogP contribution >= 0.6 is 45.2 Å². The molecule has 0 aliphatic rings. The first kappa shape index (κ1) is 9.38. The third kappa shape index (κ3) is 3.41. The molecule has 0 radical (unpaired) electrons. The van der Waals surface area contributed by atoms with Crippen LogP contribution in [0.3, 0.4) is 0 Å². The van der Waals surface area contributed by atoms with Gasteiger partial charge in [-0.15, -0.1) is 0 Å². The van der Waals surface area contributed by atoms with Crippen molar-refractivity contribution < 1.29 is 10.2 Å². The summed E-state index contributed by atoms with van der Waals surface area (Å²) in [5.41, 5.74) is 0. The van der Waals surface area contributed by atoms with Gasteiger partial charge in [-0.2, -0.15) is 0 Å². The minimum Gasteiger partial charge on any atom is -0.390 e. The molecule has 0 aliphatic heterocycles. The third-order valence-electron chi connectivity index (χ3n) is 0.760. The molecule has 0 aromatic carbocycles. The van der Waals surface area contributed by atoms with E-state index in [0.717, 1.165) is 0 Å². The van der Waals surface area contributed by atoms with Crippen molar-refractivity contribution in [3.8, 4) is 0 Å². The van der Waals surface area contributed by atoms with Crippen LogP contribution in [0.15, 0.2) is 0 Å². The van der Waals surface area contributed by atoms with Crippen LogP contribution in [0.1, 0.15) is 0 Å². The van der Waals surface area contributed by atoms with E-state index < -0.39 is 12.2 Å². The summed E-state index contributed by atoms with van der Waals surface area (Å²) in [7, 11) is 0. The monoisotopic (exact) mass is 342 g/mol. The van der Waals surface area contributed by atoms with Crippen molar-refractivity contribution in [2.75, 3.05) is 8.86 Å². The summed E-state index contributed by atoms with van der Waals surface area (Å²) >= 11 is 4.08. The fourth-order valence-corrected chi connectivity index (χ4v) is 1.38. The average molecular weight is 342 g/mol. The first-order valence-corrected chi connectivity index (χ1v) is 5.25. The van der Waals surface area contributed by atoms with Crippen LogP contribution in [-0.2, 0) is 0 Å². The van der Waals surface area contributed by atoms with Crippen LogP contribution in [0.4, 0.5) is 0 Å². The molecular weight excluding hydrogens is 334 g/mol. The van der Waals surface area contributed by atoms with Gasteiger partial charge in [0, 0.05) is 8.86 Å². The Morgan fingerprint density at radius 1 is 1.00 bits per heavy atom. The smallest absolute Gasteiger partial charge is 0.0895 e. The highest BCUT2D eigenvalue weighted by Gasteiger charge is 2.11. The SMILES string of the molecule is O[C@@H](CI)[C@@H](O)CI. The van der Waals surface area contributed by atoms with Gasteiger partial charge in [0.25, 0.3) is 0 Å². The minimum absolute atomic E-state index is 0.549. The van der Waals surface area contributed by atoms with Gasteiger partial charge in [0.1, 0.15) is 0 Å². The molecule has 8 heavy (non-hydrogen) atoms. The highest BCUT2D eigenvalue weighted by molar-refractivity contribution is 14.1. The van der Waals surface area contributed by atoms with E-state index in [0.29, 0.717) is 8.86 Å². The summed E-state index contributed by atoms with van der Waals surface area (Å²) in [6, 6.07) is 0. The van der Waals surface area contributed by atoms with Gasteiger partial charge in [-0.25, -0.2) is 0 Å². The number of alkyl halides is 2. The number of hydrogen-bond acceptors (Lipinski definition) is 2. The predicted octanol–water partition coefficient (Wildman–Crippen LogP) is 0.578. The molecule has 0 fully saturated rings. The summed E-state index contributed by atoms with van der Waals surface area (Å²) in [4.78, 5) is 0. The Balaban J connectivity index is 3.29. The maximum atomic E-state index is 8.86. The number of hydrogen-bond donors (Lipinski definition) is 2. The van der Waals surface area contributed by atoms with Crippen LogP contribution in [0, 0.1) is 0 Å². The lowest BCUT2D eigenvalue weighted by atomic mass is 10.3. The summed E-state index contributed by atoms with van der Waals surface area (Å²) in [5, 5.41) is 17.7. The van der Waals surface area contributed by atoms with E-state index in [1.807, 2.05) is 45.2 Å². The van der Waals surface area contributed by atoms with Gasteiger partial charge >= 0.3 is 0 Å². The van der Waals surface area contributed by atoms with Gasteiger partial charge in [0.2, 0.25) is 0 Å². The number of aliphatic hydroxyl groups excluding tert-OH is 2. The largest absolute Gasteiger partial charge is 0.390 e. The van der Waals surface area contributed by atoms with Gasteiger partial charge in [0.05, 0.1) is 12.2 Å². The zero-order valence-corrected chi connectivity index (χ0v) is 8.53. The Morgan fingerprint density at radius 3 is 1.38 bits per heavy atom. The van der Waals surface area contributed by atoms with E-state index in [9.17, 15) is 0 Å². The second-order valence-corrected chi connectivity index (χ2v) is 3.20. The first-order valence-electron chi connectivity index (χ1n) is 2.20. The first-order chi connectivity index (χ1) is 3.72. The van der Waals surface area contributed by atoms with E-state index in [-0.39, 0.29) is 0 Å². The summed E-state index contributed by atoms with van der Waals surface area (Å²) in [5.74, 6) is 0. The molecule has 2 nitrogen and oxygen atoms in total. The van der Waals surface area contributed by atoms with Gasteiger partial charge in [0.15, 0.2) is 0 Å². The average Bonchev–Trinajstić information content (AvgIpc) is 1.84. The fourth-order valence-electron chi connectivity index (χ4n) is 0.206. The van der Waals surface area contributed by atoms with Crippen LogP contribution in [0.5, 0.6) is 0 Å². The Hall–Kier alpha value is 1.38. The van der Waals surface area contributed by atoms with Crippen LogP contribution < -0.4 is 0 Å². The van der Waals surface area contributed by atoms with E-state index in [2.05, 4.69) is 0 Å². The standard InChI is InChI=1S/C4H8I2O2/c5-1-3(7)4(8)2-6/h3-4,7-8H,1-2H2/t3-,4-/m0/s1. The molecule has 50 valence electrons. The van der Waals surface area contributed by atoms with Crippen molar-refractivity contribution >= 4 is 45.2 Å². The van der Waals surface area contributed by atoms with Crippen LogP contribution in [0.2, 0.25) is 0 Å². The minimum atomic E-state index is -0.549. The quantitative estimate of drug-likeness (QED) is 0.582. The topological polar surface area (TPSA) is 40.5 Å². The van der Waals surface area contributed by atoms with Crippen LogP contribution in [0.25, 0.3) is 0 Å². The van der Waals surface area contributed by atoms with Crippen molar-refractivity contribution in [3.05, 3.63) is 0 Å². The molecule has 0 aliphatic carbocycles. The maximum absolute atomic E-state index is 8.86. The highest BCUT2D eigenvalue weighted by atomic mass is 127. The molecular formula is C4H8I2O2. The second-order valence-electron chi connectivity index (χ2n) is 1.44. The van der Waals surface area contributed by atoms with E-state index in [4.69, 9.17) is 10.2 Å². The number of rotatable bonds is 3. The van der Waals surface area contributed by atoms with E-state index in [1.54, 1.807) is 0 Å². The molecule has 0 heterocycles. The number of aliphatic hydroxyl groups is 2. The Bertz CT molecular complexity index is 52.0.